The van der Waals surface area contributed by atoms with Gasteiger partial charge in [0.2, 0.25) is 0 Å². The lowest BCUT2D eigenvalue weighted by atomic mass is 9.75. The van der Waals surface area contributed by atoms with E-state index in [9.17, 15) is 4.79 Å². The summed E-state index contributed by atoms with van der Waals surface area (Å²) in [5, 5.41) is 0. The van der Waals surface area contributed by atoms with Crippen LogP contribution in [0.25, 0.3) is 0 Å². The zero-order chi connectivity index (χ0) is 12.8. The molecule has 1 rings (SSSR count). The predicted molar refractivity (Wildman–Crippen MR) is 69.5 cm³/mol. The number of esters is 1. The topological polar surface area (TPSA) is 52.3 Å². The zero-order valence-corrected chi connectivity index (χ0v) is 11.4. The molecule has 0 radical (unpaired) electrons. The number of carbonyl (C=O) groups is 1. The fraction of sp³-hybridized carbons (Fsp3) is 0.929. The Hall–Kier alpha value is -0.570. The molecular formula is C14H27NO2. The first-order valence-corrected chi connectivity index (χ1v) is 6.94. The van der Waals surface area contributed by atoms with Crippen molar-refractivity contribution in [3.63, 3.8) is 0 Å². The number of nitrogens with two attached hydrogens (primary N) is 1. The van der Waals surface area contributed by atoms with E-state index in [1.54, 1.807) is 0 Å². The van der Waals surface area contributed by atoms with Crippen LogP contribution in [0.5, 0.6) is 0 Å². The van der Waals surface area contributed by atoms with Crippen molar-refractivity contribution in [3.05, 3.63) is 0 Å². The Morgan fingerprint density at radius 3 is 2.71 bits per heavy atom. The van der Waals surface area contributed by atoms with Gasteiger partial charge in [-0.05, 0) is 43.6 Å². The van der Waals surface area contributed by atoms with Gasteiger partial charge < -0.3 is 10.5 Å². The summed E-state index contributed by atoms with van der Waals surface area (Å²) in [7, 11) is 0. The molecule has 0 aromatic carbocycles. The summed E-state index contributed by atoms with van der Waals surface area (Å²) < 4.78 is 5.64. The van der Waals surface area contributed by atoms with Gasteiger partial charge in [-0.3, -0.25) is 4.79 Å². The summed E-state index contributed by atoms with van der Waals surface area (Å²) in [6, 6.07) is 0. The minimum absolute atomic E-state index is 0.0693. The molecule has 3 atom stereocenters. The van der Waals surface area contributed by atoms with Gasteiger partial charge in [0.25, 0.3) is 0 Å². The van der Waals surface area contributed by atoms with Gasteiger partial charge in [0.15, 0.2) is 0 Å². The average molecular weight is 241 g/mol. The van der Waals surface area contributed by atoms with Crippen molar-refractivity contribution in [3.8, 4) is 0 Å². The fourth-order valence-electron chi connectivity index (χ4n) is 2.72. The summed E-state index contributed by atoms with van der Waals surface area (Å²) in [4.78, 5) is 11.7. The van der Waals surface area contributed by atoms with E-state index in [1.165, 1.54) is 12.8 Å². The molecule has 1 fully saturated rings. The van der Waals surface area contributed by atoms with Gasteiger partial charge in [0.1, 0.15) is 6.10 Å². The van der Waals surface area contributed by atoms with Crippen LogP contribution < -0.4 is 5.73 Å². The highest BCUT2D eigenvalue weighted by molar-refractivity contribution is 5.69. The standard InChI is InChI=1S/C14H27NO2/c1-10(2)12-7-6-11(3)9-13(12)17-14(16)5-4-8-15/h10-13H,4-9,15H2,1-3H3/t11-,12+,13-/m1/s1. The van der Waals surface area contributed by atoms with Crippen molar-refractivity contribution in [2.24, 2.45) is 23.5 Å². The quantitative estimate of drug-likeness (QED) is 0.753. The first kappa shape index (κ1) is 14.5. The van der Waals surface area contributed by atoms with E-state index in [-0.39, 0.29) is 12.1 Å². The highest BCUT2D eigenvalue weighted by Gasteiger charge is 2.33. The first-order chi connectivity index (χ1) is 8.04. The van der Waals surface area contributed by atoms with Crippen LogP contribution in [0.15, 0.2) is 0 Å². The number of hydrogen-bond acceptors (Lipinski definition) is 3. The van der Waals surface area contributed by atoms with Crippen molar-refractivity contribution < 1.29 is 9.53 Å². The van der Waals surface area contributed by atoms with Gasteiger partial charge in [-0.2, -0.15) is 0 Å². The monoisotopic (exact) mass is 241 g/mol. The van der Waals surface area contributed by atoms with Gasteiger partial charge in [-0.15, -0.1) is 0 Å². The van der Waals surface area contributed by atoms with Crippen LogP contribution in [0.1, 0.15) is 52.9 Å². The number of ether oxygens (including phenoxy) is 1. The second-order valence-electron chi connectivity index (χ2n) is 5.75. The van der Waals surface area contributed by atoms with Gasteiger partial charge in [-0.25, -0.2) is 0 Å². The van der Waals surface area contributed by atoms with Crippen molar-refractivity contribution in [1.82, 2.24) is 0 Å². The molecule has 0 aromatic rings. The summed E-state index contributed by atoms with van der Waals surface area (Å²) in [5.41, 5.74) is 5.40. The molecule has 3 nitrogen and oxygen atoms in total. The maximum Gasteiger partial charge on any atom is 0.306 e. The lowest BCUT2D eigenvalue weighted by Gasteiger charge is -2.36. The molecule has 1 aliphatic rings. The van der Waals surface area contributed by atoms with E-state index in [0.717, 1.165) is 12.8 Å². The van der Waals surface area contributed by atoms with E-state index in [0.29, 0.717) is 30.7 Å². The summed E-state index contributed by atoms with van der Waals surface area (Å²) in [5.74, 6) is 1.74. The third-order valence-electron chi connectivity index (χ3n) is 3.83. The number of carbonyl (C=O) groups excluding carboxylic acids is 1. The molecule has 0 spiro atoms. The molecule has 0 unspecified atom stereocenters. The molecule has 100 valence electrons. The van der Waals surface area contributed by atoms with Crippen LogP contribution in [-0.2, 0) is 9.53 Å². The van der Waals surface area contributed by atoms with E-state index in [1.807, 2.05) is 0 Å². The summed E-state index contributed by atoms with van der Waals surface area (Å²) >= 11 is 0. The number of rotatable bonds is 5. The Kier molecular flexibility index (Phi) is 5.96. The van der Waals surface area contributed by atoms with Crippen LogP contribution >= 0.6 is 0 Å². The Bertz CT molecular complexity index is 240. The van der Waals surface area contributed by atoms with E-state index in [2.05, 4.69) is 20.8 Å². The van der Waals surface area contributed by atoms with Crippen molar-refractivity contribution in [2.75, 3.05) is 6.54 Å². The smallest absolute Gasteiger partial charge is 0.306 e. The molecule has 1 saturated carbocycles. The zero-order valence-electron chi connectivity index (χ0n) is 11.4. The van der Waals surface area contributed by atoms with Gasteiger partial charge in [0.05, 0.1) is 0 Å². The molecule has 0 heterocycles. The second-order valence-corrected chi connectivity index (χ2v) is 5.75. The van der Waals surface area contributed by atoms with Gasteiger partial charge in [0, 0.05) is 6.42 Å². The highest BCUT2D eigenvalue weighted by Crippen LogP contribution is 2.35. The van der Waals surface area contributed by atoms with E-state index in [4.69, 9.17) is 10.5 Å². The average Bonchev–Trinajstić information content (AvgIpc) is 2.26. The summed E-state index contributed by atoms with van der Waals surface area (Å²) in [6.45, 7) is 7.25. The Balaban J connectivity index is 2.48. The second kappa shape index (κ2) is 7.00. The van der Waals surface area contributed by atoms with Crippen LogP contribution in [-0.4, -0.2) is 18.6 Å². The summed E-state index contributed by atoms with van der Waals surface area (Å²) in [6.07, 6.45) is 4.80. The van der Waals surface area contributed by atoms with Crippen molar-refractivity contribution in [1.29, 1.82) is 0 Å². The van der Waals surface area contributed by atoms with Gasteiger partial charge in [-0.1, -0.05) is 27.2 Å². The molecule has 3 heteroatoms. The molecule has 1 aliphatic carbocycles. The molecule has 17 heavy (non-hydrogen) atoms. The molecule has 2 N–H and O–H groups in total. The third-order valence-corrected chi connectivity index (χ3v) is 3.83. The molecule has 0 bridgehead atoms. The maximum absolute atomic E-state index is 11.7. The molecule has 0 aromatic heterocycles. The fourth-order valence-corrected chi connectivity index (χ4v) is 2.72. The largest absolute Gasteiger partial charge is 0.462 e. The van der Waals surface area contributed by atoms with Crippen molar-refractivity contribution >= 4 is 5.97 Å². The Morgan fingerprint density at radius 2 is 2.12 bits per heavy atom. The Labute approximate surface area is 105 Å². The highest BCUT2D eigenvalue weighted by atomic mass is 16.5. The lowest BCUT2D eigenvalue weighted by molar-refractivity contribution is -0.156. The van der Waals surface area contributed by atoms with Crippen LogP contribution in [0.4, 0.5) is 0 Å². The predicted octanol–water partition coefficient (Wildman–Crippen LogP) is 2.73. The third kappa shape index (κ3) is 4.66. The first-order valence-electron chi connectivity index (χ1n) is 6.94. The lowest BCUT2D eigenvalue weighted by Crippen LogP contribution is -2.35. The SMILES string of the molecule is CC(C)[C@@H]1CC[C@@H](C)C[C@H]1OC(=O)CCCN. The van der Waals surface area contributed by atoms with Crippen LogP contribution in [0.3, 0.4) is 0 Å². The maximum atomic E-state index is 11.7. The molecule has 0 aliphatic heterocycles. The van der Waals surface area contributed by atoms with Crippen LogP contribution in [0, 0.1) is 17.8 Å². The van der Waals surface area contributed by atoms with E-state index < -0.39 is 0 Å². The molecule has 0 amide bonds. The molecule has 0 saturated heterocycles. The van der Waals surface area contributed by atoms with Crippen LogP contribution in [0.2, 0.25) is 0 Å². The Morgan fingerprint density at radius 1 is 1.41 bits per heavy atom. The van der Waals surface area contributed by atoms with Crippen molar-refractivity contribution in [2.45, 2.75) is 59.0 Å². The minimum Gasteiger partial charge on any atom is -0.462 e. The van der Waals surface area contributed by atoms with Gasteiger partial charge >= 0.3 is 5.97 Å². The van der Waals surface area contributed by atoms with E-state index >= 15 is 0 Å². The number of hydrogen-bond donors (Lipinski definition) is 1. The molecular weight excluding hydrogens is 214 g/mol. The minimum atomic E-state index is -0.0693. The normalized spacial score (nSPS) is 29.4.